The molecule has 3 rings (SSSR count). The first kappa shape index (κ1) is 11.9. The van der Waals surface area contributed by atoms with E-state index in [0.29, 0.717) is 0 Å². The number of hydrogen-bond acceptors (Lipinski definition) is 3. The lowest BCUT2D eigenvalue weighted by molar-refractivity contribution is 0.0819. The highest BCUT2D eigenvalue weighted by Crippen LogP contribution is 2.23. The van der Waals surface area contributed by atoms with Crippen LogP contribution in [-0.2, 0) is 12.8 Å². The number of hydrogen-bond donors (Lipinski definition) is 1. The van der Waals surface area contributed by atoms with Crippen molar-refractivity contribution in [1.82, 2.24) is 10.2 Å². The van der Waals surface area contributed by atoms with Crippen molar-refractivity contribution in [1.29, 1.82) is 0 Å². The standard InChI is InChI=1S/C15H20N2O/c1-17-8-7-16-10-14(17)15(18)13-6-5-11-3-2-4-12(11)9-13/h5-6,9,14,16H,2-4,7-8,10H2,1H3. The highest BCUT2D eigenvalue weighted by atomic mass is 16.1. The fraction of sp³-hybridized carbons (Fsp3) is 0.533. The zero-order chi connectivity index (χ0) is 12.5. The summed E-state index contributed by atoms with van der Waals surface area (Å²) >= 11 is 0. The van der Waals surface area contributed by atoms with E-state index < -0.39 is 0 Å². The predicted octanol–water partition coefficient (Wildman–Crippen LogP) is 1.26. The zero-order valence-corrected chi connectivity index (χ0v) is 10.9. The van der Waals surface area contributed by atoms with E-state index in [1.165, 1.54) is 24.0 Å². The van der Waals surface area contributed by atoms with Gasteiger partial charge in [0, 0.05) is 25.2 Å². The Balaban J connectivity index is 1.83. The second-order valence-corrected chi connectivity index (χ2v) is 5.40. The molecule has 2 aliphatic rings. The number of aryl methyl sites for hydroxylation is 2. The average Bonchev–Trinajstić information content (AvgIpc) is 2.85. The minimum absolute atomic E-state index is 0.00166. The molecule has 0 radical (unpaired) electrons. The zero-order valence-electron chi connectivity index (χ0n) is 10.9. The molecule has 3 nitrogen and oxygen atoms in total. The number of nitrogens with one attached hydrogen (secondary N) is 1. The number of ketones is 1. The van der Waals surface area contributed by atoms with Gasteiger partial charge >= 0.3 is 0 Å². The van der Waals surface area contributed by atoms with E-state index in [9.17, 15) is 4.79 Å². The lowest BCUT2D eigenvalue weighted by Gasteiger charge is -2.32. The Kier molecular flexibility index (Phi) is 3.18. The Morgan fingerprint density at radius 1 is 1.33 bits per heavy atom. The van der Waals surface area contributed by atoms with Gasteiger partial charge in [0.2, 0.25) is 0 Å². The third kappa shape index (κ3) is 2.08. The molecule has 0 saturated carbocycles. The number of nitrogens with zero attached hydrogens (tertiary/aromatic N) is 1. The summed E-state index contributed by atoms with van der Waals surface area (Å²) < 4.78 is 0. The number of Topliss-reactive ketones (excluding diaryl/α,β-unsaturated/α-hetero) is 1. The van der Waals surface area contributed by atoms with E-state index in [-0.39, 0.29) is 11.8 Å². The predicted molar refractivity (Wildman–Crippen MR) is 72.1 cm³/mol. The fourth-order valence-electron chi connectivity index (χ4n) is 3.02. The van der Waals surface area contributed by atoms with Gasteiger partial charge in [-0.3, -0.25) is 9.69 Å². The van der Waals surface area contributed by atoms with Crippen molar-refractivity contribution in [3.63, 3.8) is 0 Å². The SMILES string of the molecule is CN1CCNCC1C(=O)c1ccc2c(c1)CCC2. The first-order chi connectivity index (χ1) is 8.75. The molecule has 1 aromatic carbocycles. The molecule has 1 aliphatic heterocycles. The molecule has 1 N–H and O–H groups in total. The molecular weight excluding hydrogens is 224 g/mol. The Labute approximate surface area is 108 Å². The number of fused-ring (bicyclic) bond motifs is 1. The molecule has 1 saturated heterocycles. The van der Waals surface area contributed by atoms with Gasteiger partial charge in [-0.05, 0) is 43.5 Å². The van der Waals surface area contributed by atoms with Crippen LogP contribution in [0.15, 0.2) is 18.2 Å². The van der Waals surface area contributed by atoms with Crippen molar-refractivity contribution in [3.05, 3.63) is 34.9 Å². The maximum atomic E-state index is 12.5. The van der Waals surface area contributed by atoms with Gasteiger partial charge in [0.15, 0.2) is 5.78 Å². The molecule has 0 spiro atoms. The molecule has 18 heavy (non-hydrogen) atoms. The van der Waals surface area contributed by atoms with Crippen LogP contribution in [-0.4, -0.2) is 43.4 Å². The quantitative estimate of drug-likeness (QED) is 0.795. The van der Waals surface area contributed by atoms with Crippen molar-refractivity contribution >= 4 is 5.78 Å². The van der Waals surface area contributed by atoms with E-state index in [1.54, 1.807) is 0 Å². The van der Waals surface area contributed by atoms with Crippen LogP contribution in [0, 0.1) is 0 Å². The van der Waals surface area contributed by atoms with Crippen molar-refractivity contribution in [3.8, 4) is 0 Å². The van der Waals surface area contributed by atoms with Gasteiger partial charge in [-0.25, -0.2) is 0 Å². The first-order valence-corrected chi connectivity index (χ1v) is 6.82. The van der Waals surface area contributed by atoms with Gasteiger partial charge in [0.1, 0.15) is 0 Å². The van der Waals surface area contributed by atoms with Crippen LogP contribution < -0.4 is 5.32 Å². The van der Waals surface area contributed by atoms with E-state index in [1.807, 2.05) is 13.1 Å². The van der Waals surface area contributed by atoms with Crippen molar-refractivity contribution < 1.29 is 4.79 Å². The maximum Gasteiger partial charge on any atom is 0.181 e. The van der Waals surface area contributed by atoms with Crippen LogP contribution in [0.5, 0.6) is 0 Å². The Hall–Kier alpha value is -1.19. The molecule has 96 valence electrons. The van der Waals surface area contributed by atoms with Gasteiger partial charge in [-0.1, -0.05) is 12.1 Å². The van der Waals surface area contributed by atoms with Crippen LogP contribution in [0.25, 0.3) is 0 Å². The molecule has 1 heterocycles. The molecule has 3 heteroatoms. The van der Waals surface area contributed by atoms with E-state index in [2.05, 4.69) is 22.3 Å². The summed E-state index contributed by atoms with van der Waals surface area (Å²) in [6.07, 6.45) is 3.54. The number of carbonyl (C=O) groups is 1. The van der Waals surface area contributed by atoms with Gasteiger partial charge in [0.05, 0.1) is 6.04 Å². The topological polar surface area (TPSA) is 32.3 Å². The normalized spacial score (nSPS) is 23.9. The number of piperazine rings is 1. The van der Waals surface area contributed by atoms with Crippen LogP contribution in [0.1, 0.15) is 27.9 Å². The second kappa shape index (κ2) is 4.82. The van der Waals surface area contributed by atoms with E-state index >= 15 is 0 Å². The van der Waals surface area contributed by atoms with Gasteiger partial charge in [0.25, 0.3) is 0 Å². The maximum absolute atomic E-state index is 12.5. The Morgan fingerprint density at radius 3 is 3.00 bits per heavy atom. The second-order valence-electron chi connectivity index (χ2n) is 5.40. The Morgan fingerprint density at radius 2 is 2.17 bits per heavy atom. The molecular formula is C15H20N2O. The Bertz CT molecular complexity index is 470. The lowest BCUT2D eigenvalue weighted by atomic mass is 9.98. The van der Waals surface area contributed by atoms with Crippen molar-refractivity contribution in [2.24, 2.45) is 0 Å². The number of benzene rings is 1. The minimum atomic E-state index is -0.00166. The third-order valence-corrected chi connectivity index (χ3v) is 4.20. The molecule has 1 aliphatic carbocycles. The molecule has 0 amide bonds. The van der Waals surface area contributed by atoms with Crippen LogP contribution in [0.4, 0.5) is 0 Å². The lowest BCUT2D eigenvalue weighted by Crippen LogP contribution is -2.53. The van der Waals surface area contributed by atoms with Gasteiger partial charge in [-0.2, -0.15) is 0 Å². The summed E-state index contributed by atoms with van der Waals surface area (Å²) in [4.78, 5) is 14.7. The summed E-state index contributed by atoms with van der Waals surface area (Å²) in [5, 5.41) is 3.31. The molecule has 1 aromatic rings. The van der Waals surface area contributed by atoms with Gasteiger partial charge < -0.3 is 5.32 Å². The summed E-state index contributed by atoms with van der Waals surface area (Å²) in [6, 6.07) is 6.27. The minimum Gasteiger partial charge on any atom is -0.313 e. The molecule has 0 aromatic heterocycles. The summed E-state index contributed by atoms with van der Waals surface area (Å²) in [6.45, 7) is 2.69. The summed E-state index contributed by atoms with van der Waals surface area (Å²) in [5.41, 5.74) is 3.70. The van der Waals surface area contributed by atoms with Crippen LogP contribution in [0.2, 0.25) is 0 Å². The first-order valence-electron chi connectivity index (χ1n) is 6.82. The summed E-state index contributed by atoms with van der Waals surface area (Å²) in [7, 11) is 2.04. The largest absolute Gasteiger partial charge is 0.313 e. The van der Waals surface area contributed by atoms with Crippen LogP contribution in [0.3, 0.4) is 0 Å². The van der Waals surface area contributed by atoms with E-state index in [0.717, 1.165) is 31.6 Å². The molecule has 1 fully saturated rings. The number of carbonyl (C=O) groups excluding carboxylic acids is 1. The van der Waals surface area contributed by atoms with E-state index in [4.69, 9.17) is 0 Å². The molecule has 0 bridgehead atoms. The molecule has 1 unspecified atom stereocenters. The molecule has 1 atom stereocenters. The fourth-order valence-corrected chi connectivity index (χ4v) is 3.02. The van der Waals surface area contributed by atoms with Crippen LogP contribution >= 0.6 is 0 Å². The smallest absolute Gasteiger partial charge is 0.181 e. The van der Waals surface area contributed by atoms with Crippen molar-refractivity contribution in [2.75, 3.05) is 26.7 Å². The number of rotatable bonds is 2. The monoisotopic (exact) mass is 244 g/mol. The third-order valence-electron chi connectivity index (χ3n) is 4.20. The highest BCUT2D eigenvalue weighted by molar-refractivity contribution is 6.00. The van der Waals surface area contributed by atoms with Gasteiger partial charge in [-0.15, -0.1) is 0 Å². The summed E-state index contributed by atoms with van der Waals surface area (Å²) in [5.74, 6) is 0.263. The van der Waals surface area contributed by atoms with Crippen molar-refractivity contribution in [2.45, 2.75) is 25.3 Å². The highest BCUT2D eigenvalue weighted by Gasteiger charge is 2.27. The average molecular weight is 244 g/mol. The number of likely N-dealkylation sites (N-methyl/N-ethyl adjacent to an activating group) is 1.